The number of unbranched alkanes of at least 4 members (excludes halogenated alkanes) is 6. The summed E-state index contributed by atoms with van der Waals surface area (Å²) in [7, 11) is 0. The fourth-order valence-corrected chi connectivity index (χ4v) is 9.28. The van der Waals surface area contributed by atoms with E-state index in [-0.39, 0.29) is 5.54 Å². The second kappa shape index (κ2) is 13.2. The minimum Gasteiger partial charge on any atom is -0.331 e. The summed E-state index contributed by atoms with van der Waals surface area (Å²) in [6.45, 7) is 6.98. The molecular weight excluding hydrogens is 547 g/mol. The lowest BCUT2D eigenvalue weighted by molar-refractivity contribution is 0.542. The molecule has 2 aliphatic rings. The number of hydrogen-bond acceptors (Lipinski definition) is 3. The maximum absolute atomic E-state index is 2.55. The Morgan fingerprint density at radius 1 is 0.762 bits per heavy atom. The highest BCUT2D eigenvalue weighted by atomic mass is 32.1. The van der Waals surface area contributed by atoms with Gasteiger partial charge in [0.25, 0.3) is 0 Å². The van der Waals surface area contributed by atoms with Gasteiger partial charge in [0.15, 0.2) is 0 Å². The highest BCUT2D eigenvalue weighted by Crippen LogP contribution is 2.54. The van der Waals surface area contributed by atoms with Crippen LogP contribution in [0.4, 0.5) is 11.4 Å². The molecule has 0 spiro atoms. The normalized spacial score (nSPS) is 18.9. The van der Waals surface area contributed by atoms with E-state index in [1.165, 1.54) is 107 Å². The molecule has 218 valence electrons. The molecule has 1 aliphatic carbocycles. The molecule has 0 bridgehead atoms. The van der Waals surface area contributed by atoms with Crippen LogP contribution in [0, 0.1) is 0 Å². The third kappa shape index (κ3) is 5.71. The predicted molar refractivity (Wildman–Crippen MR) is 187 cm³/mol. The van der Waals surface area contributed by atoms with E-state index in [9.17, 15) is 0 Å². The van der Waals surface area contributed by atoms with Crippen molar-refractivity contribution in [2.24, 2.45) is 0 Å². The van der Waals surface area contributed by atoms with Crippen LogP contribution in [0.25, 0.3) is 20.2 Å². The topological polar surface area (TPSA) is 3.24 Å². The zero-order valence-corrected chi connectivity index (χ0v) is 27.2. The monoisotopic (exact) mass is 591 g/mol. The van der Waals surface area contributed by atoms with Gasteiger partial charge in [0.2, 0.25) is 0 Å². The first kappa shape index (κ1) is 29.2. The third-order valence-electron chi connectivity index (χ3n) is 9.24. The lowest BCUT2D eigenvalue weighted by Crippen LogP contribution is -2.41. The molecule has 3 heterocycles. The number of hydrogen-bond donors (Lipinski definition) is 0. The minimum absolute atomic E-state index is 0.0901. The van der Waals surface area contributed by atoms with E-state index in [4.69, 9.17) is 0 Å². The largest absolute Gasteiger partial charge is 0.331 e. The Labute approximate surface area is 261 Å². The van der Waals surface area contributed by atoms with Crippen molar-refractivity contribution in [1.29, 1.82) is 0 Å². The van der Waals surface area contributed by atoms with E-state index in [1.807, 2.05) is 22.7 Å². The van der Waals surface area contributed by atoms with Gasteiger partial charge in [-0.3, -0.25) is 0 Å². The summed E-state index contributed by atoms with van der Waals surface area (Å²) in [4.78, 5) is 6.98. The molecule has 0 N–H and O–H groups in total. The van der Waals surface area contributed by atoms with E-state index in [0.717, 1.165) is 0 Å². The smallest absolute Gasteiger partial charge is 0.0712 e. The Hall–Kier alpha value is -2.88. The third-order valence-corrected chi connectivity index (χ3v) is 11.6. The fourth-order valence-electron chi connectivity index (χ4n) is 6.95. The zero-order chi connectivity index (χ0) is 28.9. The quantitative estimate of drug-likeness (QED) is 0.140. The number of thiophene rings is 2. The molecule has 0 saturated carbocycles. The zero-order valence-electron chi connectivity index (χ0n) is 25.6. The molecule has 0 fully saturated rings. The van der Waals surface area contributed by atoms with E-state index in [2.05, 4.69) is 116 Å². The van der Waals surface area contributed by atoms with Crippen LogP contribution < -0.4 is 4.90 Å². The summed E-state index contributed by atoms with van der Waals surface area (Å²) in [5.74, 6) is 0.370. The summed E-state index contributed by atoms with van der Waals surface area (Å²) < 4.78 is 0. The van der Waals surface area contributed by atoms with Crippen LogP contribution in [0.2, 0.25) is 0 Å². The second-order valence-corrected chi connectivity index (χ2v) is 14.2. The van der Waals surface area contributed by atoms with Gasteiger partial charge >= 0.3 is 0 Å². The van der Waals surface area contributed by atoms with Gasteiger partial charge in [-0.2, -0.15) is 0 Å². The lowest BCUT2D eigenvalue weighted by Gasteiger charge is -2.39. The van der Waals surface area contributed by atoms with Gasteiger partial charge in [-0.05, 0) is 90.6 Å². The highest BCUT2D eigenvalue weighted by molar-refractivity contribution is 7.23. The molecule has 2 atom stereocenters. The number of benzene rings is 2. The molecule has 4 aromatic rings. The highest BCUT2D eigenvalue weighted by Gasteiger charge is 2.46. The molecule has 2 aromatic heterocycles. The lowest BCUT2D eigenvalue weighted by atomic mass is 9.80. The molecule has 0 amide bonds. The standard InChI is InChI=1S/C39H45NS2/c1-4-6-8-10-16-29-25-27-41-38(29)36-28-31(17-11-9-7-5-2)37(42-36)30-21-23-32(24-22-30)40-35-20-13-12-18-33(35)34-19-14-15-26-39(34,40)3/h12-15,18-28,34H,4-11,16-17H2,1-3H3. The summed E-state index contributed by atoms with van der Waals surface area (Å²) in [6, 6.07) is 23.3. The van der Waals surface area contributed by atoms with Crippen LogP contribution in [0.1, 0.15) is 94.7 Å². The van der Waals surface area contributed by atoms with E-state index in [0.29, 0.717) is 5.92 Å². The molecule has 6 rings (SSSR count). The molecule has 42 heavy (non-hydrogen) atoms. The Morgan fingerprint density at radius 2 is 1.50 bits per heavy atom. The van der Waals surface area contributed by atoms with E-state index in [1.54, 1.807) is 5.56 Å². The molecule has 1 aliphatic heterocycles. The summed E-state index contributed by atoms with van der Waals surface area (Å²) in [5.41, 5.74) is 8.36. The van der Waals surface area contributed by atoms with Gasteiger partial charge in [-0.1, -0.05) is 107 Å². The number of allylic oxidation sites excluding steroid dienone is 2. The van der Waals surface area contributed by atoms with Crippen LogP contribution in [0.3, 0.4) is 0 Å². The number of rotatable bonds is 13. The van der Waals surface area contributed by atoms with Crippen molar-refractivity contribution in [2.45, 2.75) is 96.4 Å². The summed E-state index contributed by atoms with van der Waals surface area (Å²) in [5, 5.41) is 2.30. The van der Waals surface area contributed by atoms with Gasteiger partial charge in [0.1, 0.15) is 0 Å². The molecule has 3 heteroatoms. The van der Waals surface area contributed by atoms with Crippen LogP contribution in [0.15, 0.2) is 90.3 Å². The van der Waals surface area contributed by atoms with Crippen LogP contribution in [-0.2, 0) is 12.8 Å². The Balaban J connectivity index is 1.31. The number of nitrogens with zero attached hydrogens (tertiary/aromatic N) is 1. The Bertz CT molecular complexity index is 1530. The Kier molecular flexibility index (Phi) is 9.17. The SMILES string of the molecule is CCCCCCc1cc(-c2sccc2CCCCCC)sc1-c1ccc(N2c3ccccc3C3C=CC=CC32C)cc1. The molecular formula is C39H45NS2. The van der Waals surface area contributed by atoms with Gasteiger partial charge in [-0.25, -0.2) is 0 Å². The van der Waals surface area contributed by atoms with Gasteiger partial charge in [0.05, 0.1) is 5.54 Å². The number of anilines is 2. The molecule has 2 aromatic carbocycles. The van der Waals surface area contributed by atoms with Crippen molar-refractivity contribution in [3.8, 4) is 20.2 Å². The Morgan fingerprint density at radius 3 is 2.26 bits per heavy atom. The first-order valence-electron chi connectivity index (χ1n) is 16.2. The summed E-state index contributed by atoms with van der Waals surface area (Å²) >= 11 is 3.94. The molecule has 0 radical (unpaired) electrons. The molecule has 0 saturated heterocycles. The summed E-state index contributed by atoms with van der Waals surface area (Å²) in [6.07, 6.45) is 22.0. The number of para-hydroxylation sites is 1. The second-order valence-electron chi connectivity index (χ2n) is 12.2. The van der Waals surface area contributed by atoms with Crippen molar-refractivity contribution < 1.29 is 0 Å². The van der Waals surface area contributed by atoms with Gasteiger partial charge in [-0.15, -0.1) is 22.7 Å². The van der Waals surface area contributed by atoms with Crippen LogP contribution in [0.5, 0.6) is 0 Å². The minimum atomic E-state index is -0.0901. The van der Waals surface area contributed by atoms with Crippen molar-refractivity contribution in [3.63, 3.8) is 0 Å². The van der Waals surface area contributed by atoms with Crippen molar-refractivity contribution in [1.82, 2.24) is 0 Å². The van der Waals surface area contributed by atoms with E-state index >= 15 is 0 Å². The molecule has 2 unspecified atom stereocenters. The molecule has 1 nitrogen and oxygen atoms in total. The van der Waals surface area contributed by atoms with Crippen molar-refractivity contribution in [3.05, 3.63) is 107 Å². The number of aryl methyl sites for hydroxylation is 2. The predicted octanol–water partition coefficient (Wildman–Crippen LogP) is 12.5. The average Bonchev–Trinajstić information content (AvgIpc) is 3.72. The maximum Gasteiger partial charge on any atom is 0.0712 e. The van der Waals surface area contributed by atoms with Crippen molar-refractivity contribution >= 4 is 34.0 Å². The van der Waals surface area contributed by atoms with E-state index < -0.39 is 0 Å². The maximum atomic E-state index is 2.55. The first-order chi connectivity index (χ1) is 20.6. The number of fused-ring (bicyclic) bond motifs is 3. The van der Waals surface area contributed by atoms with Crippen molar-refractivity contribution in [2.75, 3.05) is 4.90 Å². The van der Waals surface area contributed by atoms with Crippen LogP contribution in [-0.4, -0.2) is 5.54 Å². The first-order valence-corrected chi connectivity index (χ1v) is 17.9. The van der Waals surface area contributed by atoms with Gasteiger partial charge in [0, 0.05) is 31.9 Å². The fraction of sp³-hybridized carbons (Fsp3) is 0.385. The average molecular weight is 592 g/mol. The van der Waals surface area contributed by atoms with Crippen LogP contribution >= 0.6 is 22.7 Å². The van der Waals surface area contributed by atoms with Gasteiger partial charge < -0.3 is 4.90 Å².